The number of hydrogen-bond donors (Lipinski definition) is 1. The highest BCUT2D eigenvalue weighted by Gasteiger charge is 2.14. The monoisotopic (exact) mass is 372 g/mol. The first-order valence-electron chi connectivity index (χ1n) is 8.32. The standard InChI is InChI=1S/C20H24N2O5/c1-13-17(25-4)9-14(10-18(13)26-5)20(24)21-15-7-6-8-16(11-15)27-12-19(23)22(2)3/h6-11H,12H2,1-5H3,(H,21,24). The second kappa shape index (κ2) is 8.93. The van der Waals surface area contributed by atoms with Crippen molar-refractivity contribution in [3.8, 4) is 17.2 Å². The normalized spacial score (nSPS) is 10.1. The molecule has 0 heterocycles. The SMILES string of the molecule is COc1cc(C(=O)Nc2cccc(OCC(=O)N(C)C)c2)cc(OC)c1C. The number of nitrogens with one attached hydrogen (secondary N) is 1. The molecule has 0 saturated carbocycles. The Balaban J connectivity index is 2.14. The second-order valence-electron chi connectivity index (χ2n) is 6.06. The topological polar surface area (TPSA) is 77.1 Å². The average Bonchev–Trinajstić information content (AvgIpc) is 2.66. The molecule has 2 aromatic rings. The van der Waals surface area contributed by atoms with Gasteiger partial charge >= 0.3 is 0 Å². The van der Waals surface area contributed by atoms with Crippen molar-refractivity contribution >= 4 is 17.5 Å². The van der Waals surface area contributed by atoms with E-state index in [-0.39, 0.29) is 18.4 Å². The van der Waals surface area contributed by atoms with Crippen LogP contribution in [0.4, 0.5) is 5.69 Å². The molecule has 0 atom stereocenters. The van der Waals surface area contributed by atoms with Gasteiger partial charge in [-0.25, -0.2) is 0 Å². The van der Waals surface area contributed by atoms with Crippen LogP contribution in [-0.2, 0) is 4.79 Å². The number of methoxy groups -OCH3 is 2. The lowest BCUT2D eigenvalue weighted by Crippen LogP contribution is -2.27. The zero-order valence-electron chi connectivity index (χ0n) is 16.2. The van der Waals surface area contributed by atoms with Crippen LogP contribution < -0.4 is 19.5 Å². The molecule has 1 N–H and O–H groups in total. The Hall–Kier alpha value is -3.22. The second-order valence-corrected chi connectivity index (χ2v) is 6.06. The van der Waals surface area contributed by atoms with E-state index in [0.717, 1.165) is 5.56 Å². The highest BCUT2D eigenvalue weighted by molar-refractivity contribution is 6.05. The Kier molecular flexibility index (Phi) is 6.65. The summed E-state index contributed by atoms with van der Waals surface area (Å²) in [5, 5.41) is 2.81. The first-order chi connectivity index (χ1) is 12.8. The number of hydrogen-bond acceptors (Lipinski definition) is 5. The molecule has 2 aromatic carbocycles. The Morgan fingerprint density at radius 2 is 1.67 bits per heavy atom. The van der Waals surface area contributed by atoms with Crippen molar-refractivity contribution in [2.45, 2.75) is 6.92 Å². The number of carbonyl (C=O) groups excluding carboxylic acids is 2. The molecule has 0 aromatic heterocycles. The fraction of sp³-hybridized carbons (Fsp3) is 0.300. The van der Waals surface area contributed by atoms with Crippen molar-refractivity contribution in [2.24, 2.45) is 0 Å². The lowest BCUT2D eigenvalue weighted by atomic mass is 10.1. The quantitative estimate of drug-likeness (QED) is 0.809. The minimum absolute atomic E-state index is 0.0727. The summed E-state index contributed by atoms with van der Waals surface area (Å²) in [6.07, 6.45) is 0. The molecule has 27 heavy (non-hydrogen) atoms. The third-order valence-electron chi connectivity index (χ3n) is 3.97. The van der Waals surface area contributed by atoms with Gasteiger partial charge in [-0.05, 0) is 31.2 Å². The van der Waals surface area contributed by atoms with Crippen LogP contribution in [-0.4, -0.2) is 51.6 Å². The smallest absolute Gasteiger partial charge is 0.259 e. The van der Waals surface area contributed by atoms with Crippen molar-refractivity contribution in [3.05, 3.63) is 47.5 Å². The number of carbonyl (C=O) groups is 2. The predicted molar refractivity (Wildman–Crippen MR) is 103 cm³/mol. The van der Waals surface area contributed by atoms with Crippen LogP contribution in [0.15, 0.2) is 36.4 Å². The van der Waals surface area contributed by atoms with Gasteiger partial charge in [-0.15, -0.1) is 0 Å². The van der Waals surface area contributed by atoms with Crippen molar-refractivity contribution in [1.82, 2.24) is 4.90 Å². The third-order valence-corrected chi connectivity index (χ3v) is 3.97. The number of benzene rings is 2. The first kappa shape index (κ1) is 20.1. The van der Waals surface area contributed by atoms with Gasteiger partial charge in [-0.3, -0.25) is 9.59 Å². The maximum Gasteiger partial charge on any atom is 0.259 e. The highest BCUT2D eigenvalue weighted by atomic mass is 16.5. The van der Waals surface area contributed by atoms with E-state index in [2.05, 4.69) is 5.32 Å². The van der Waals surface area contributed by atoms with E-state index in [1.807, 2.05) is 6.92 Å². The molecule has 2 rings (SSSR count). The van der Waals surface area contributed by atoms with E-state index in [4.69, 9.17) is 14.2 Å². The Bertz CT molecular complexity index is 808. The van der Waals surface area contributed by atoms with Gasteiger partial charge < -0.3 is 24.4 Å². The number of ether oxygens (including phenoxy) is 3. The molecule has 7 heteroatoms. The molecule has 0 aliphatic rings. The van der Waals surface area contributed by atoms with Gasteiger partial charge in [0.1, 0.15) is 17.2 Å². The summed E-state index contributed by atoms with van der Waals surface area (Å²) in [6, 6.07) is 10.2. The van der Waals surface area contributed by atoms with E-state index in [1.165, 1.54) is 4.90 Å². The summed E-state index contributed by atoms with van der Waals surface area (Å²) >= 11 is 0. The van der Waals surface area contributed by atoms with E-state index < -0.39 is 0 Å². The maximum atomic E-state index is 12.6. The fourth-order valence-electron chi connectivity index (χ4n) is 2.36. The molecular formula is C20H24N2O5. The van der Waals surface area contributed by atoms with Crippen molar-refractivity contribution in [1.29, 1.82) is 0 Å². The van der Waals surface area contributed by atoms with E-state index in [0.29, 0.717) is 28.5 Å². The molecule has 7 nitrogen and oxygen atoms in total. The Labute approximate surface area is 158 Å². The van der Waals surface area contributed by atoms with Crippen LogP contribution in [0.1, 0.15) is 15.9 Å². The van der Waals surface area contributed by atoms with Crippen LogP contribution in [0.2, 0.25) is 0 Å². The average molecular weight is 372 g/mol. The van der Waals surface area contributed by atoms with Gasteiger partial charge in [-0.2, -0.15) is 0 Å². The summed E-state index contributed by atoms with van der Waals surface area (Å²) in [4.78, 5) is 25.7. The molecule has 0 unspecified atom stereocenters. The molecule has 0 saturated heterocycles. The molecule has 0 aliphatic carbocycles. The van der Waals surface area contributed by atoms with Crippen molar-refractivity contribution in [2.75, 3.05) is 40.2 Å². The van der Waals surface area contributed by atoms with Crippen molar-refractivity contribution < 1.29 is 23.8 Å². The molecule has 2 amide bonds. The summed E-state index contributed by atoms with van der Waals surface area (Å²) < 4.78 is 16.1. The van der Waals surface area contributed by atoms with E-state index >= 15 is 0 Å². The van der Waals surface area contributed by atoms with E-state index in [9.17, 15) is 9.59 Å². The Morgan fingerprint density at radius 3 is 2.22 bits per heavy atom. The zero-order valence-corrected chi connectivity index (χ0v) is 16.2. The molecule has 0 bridgehead atoms. The van der Waals surface area contributed by atoms with Gasteiger partial charge in [0.25, 0.3) is 11.8 Å². The number of likely N-dealkylation sites (N-methyl/N-ethyl adjacent to an activating group) is 1. The summed E-state index contributed by atoms with van der Waals surface area (Å²) in [5.41, 5.74) is 1.77. The fourth-order valence-corrected chi connectivity index (χ4v) is 2.36. The van der Waals surface area contributed by atoms with Gasteiger partial charge in [0.15, 0.2) is 6.61 Å². The molecule has 0 fully saturated rings. The molecule has 0 radical (unpaired) electrons. The lowest BCUT2D eigenvalue weighted by molar-refractivity contribution is -0.130. The van der Waals surface area contributed by atoms with E-state index in [1.54, 1.807) is 64.7 Å². The van der Waals surface area contributed by atoms with Crippen LogP contribution in [0, 0.1) is 6.92 Å². The highest BCUT2D eigenvalue weighted by Crippen LogP contribution is 2.30. The molecule has 144 valence electrons. The van der Waals surface area contributed by atoms with Gasteiger partial charge in [0.05, 0.1) is 14.2 Å². The number of rotatable bonds is 7. The zero-order chi connectivity index (χ0) is 20.0. The molecular weight excluding hydrogens is 348 g/mol. The van der Waals surface area contributed by atoms with Gasteiger partial charge in [-0.1, -0.05) is 6.07 Å². The van der Waals surface area contributed by atoms with Crippen LogP contribution in [0.25, 0.3) is 0 Å². The van der Waals surface area contributed by atoms with Gasteiger partial charge in [0, 0.05) is 37.0 Å². The van der Waals surface area contributed by atoms with Crippen LogP contribution in [0.5, 0.6) is 17.2 Å². The first-order valence-corrected chi connectivity index (χ1v) is 8.32. The minimum Gasteiger partial charge on any atom is -0.496 e. The third kappa shape index (κ3) is 5.13. The van der Waals surface area contributed by atoms with Crippen LogP contribution in [0.3, 0.4) is 0 Å². The summed E-state index contributed by atoms with van der Waals surface area (Å²) in [5.74, 6) is 1.16. The van der Waals surface area contributed by atoms with Crippen molar-refractivity contribution in [3.63, 3.8) is 0 Å². The number of anilines is 1. The number of amides is 2. The predicted octanol–water partition coefficient (Wildman–Crippen LogP) is 2.73. The van der Waals surface area contributed by atoms with Crippen LogP contribution >= 0.6 is 0 Å². The number of nitrogens with zero attached hydrogens (tertiary/aromatic N) is 1. The minimum atomic E-state index is -0.312. The maximum absolute atomic E-state index is 12.6. The largest absolute Gasteiger partial charge is 0.496 e. The summed E-state index contributed by atoms with van der Waals surface area (Å²) in [7, 11) is 6.40. The summed E-state index contributed by atoms with van der Waals surface area (Å²) in [6.45, 7) is 1.78. The Morgan fingerprint density at radius 1 is 1.04 bits per heavy atom. The molecule has 0 aliphatic heterocycles. The van der Waals surface area contributed by atoms with Gasteiger partial charge in [0.2, 0.25) is 0 Å². The molecule has 0 spiro atoms. The lowest BCUT2D eigenvalue weighted by Gasteiger charge is -2.14.